The molecule has 1 aliphatic carbocycles. The van der Waals surface area contributed by atoms with E-state index in [4.69, 9.17) is 5.11 Å². The number of para-hydroxylation sites is 1. The molecule has 4 nitrogen and oxygen atoms in total. The minimum Gasteiger partial charge on any atom is -0.481 e. The van der Waals surface area contributed by atoms with Crippen LogP contribution in [0.1, 0.15) is 42.7 Å². The van der Waals surface area contributed by atoms with Crippen molar-refractivity contribution >= 4 is 17.6 Å². The second kappa shape index (κ2) is 7.97. The maximum atomic E-state index is 12.6. The van der Waals surface area contributed by atoms with E-state index in [0.29, 0.717) is 17.2 Å². The van der Waals surface area contributed by atoms with E-state index in [-0.39, 0.29) is 18.2 Å². The normalized spacial score (nSPS) is 20.0. The van der Waals surface area contributed by atoms with E-state index >= 15 is 0 Å². The van der Waals surface area contributed by atoms with Crippen LogP contribution in [-0.2, 0) is 16.0 Å². The molecule has 0 aromatic heterocycles. The van der Waals surface area contributed by atoms with Crippen LogP contribution in [-0.4, -0.2) is 17.0 Å². The molecule has 1 aliphatic rings. The molecule has 1 amide bonds. The lowest BCUT2D eigenvalue weighted by atomic mass is 9.78. The van der Waals surface area contributed by atoms with Crippen LogP contribution in [0.4, 0.5) is 5.69 Å². The van der Waals surface area contributed by atoms with Crippen molar-refractivity contribution in [2.24, 2.45) is 5.92 Å². The number of hydrogen-bond acceptors (Lipinski definition) is 2. The molecular weight excluding hydrogens is 314 g/mol. The van der Waals surface area contributed by atoms with E-state index in [0.717, 1.165) is 25.7 Å². The van der Waals surface area contributed by atoms with Crippen LogP contribution in [0.25, 0.3) is 0 Å². The molecule has 0 unspecified atom stereocenters. The maximum Gasteiger partial charge on any atom is 0.307 e. The Kier molecular flexibility index (Phi) is 5.49. The first-order chi connectivity index (χ1) is 12.1. The molecule has 130 valence electrons. The fraction of sp³-hybridized carbons (Fsp3) is 0.333. The Morgan fingerprint density at radius 3 is 2.24 bits per heavy atom. The van der Waals surface area contributed by atoms with Gasteiger partial charge in [0.25, 0.3) is 0 Å². The van der Waals surface area contributed by atoms with Gasteiger partial charge in [-0.05, 0) is 48.8 Å². The molecule has 0 aliphatic heterocycles. The summed E-state index contributed by atoms with van der Waals surface area (Å²) >= 11 is 0. The van der Waals surface area contributed by atoms with Crippen molar-refractivity contribution in [3.8, 4) is 0 Å². The number of anilines is 1. The largest absolute Gasteiger partial charge is 0.481 e. The van der Waals surface area contributed by atoms with Crippen LogP contribution >= 0.6 is 0 Å². The van der Waals surface area contributed by atoms with E-state index in [1.807, 2.05) is 12.1 Å². The molecule has 2 aromatic rings. The number of nitrogens with one attached hydrogen (secondary N) is 1. The van der Waals surface area contributed by atoms with Crippen molar-refractivity contribution in [1.82, 2.24) is 0 Å². The van der Waals surface area contributed by atoms with Gasteiger partial charge in [0.2, 0.25) is 5.91 Å². The van der Waals surface area contributed by atoms with Gasteiger partial charge in [0.1, 0.15) is 0 Å². The Bertz CT molecular complexity index is 734. The number of carbonyl (C=O) groups excluding carboxylic acids is 1. The van der Waals surface area contributed by atoms with Gasteiger partial charge in [0, 0.05) is 11.6 Å². The highest BCUT2D eigenvalue weighted by Crippen LogP contribution is 2.36. The summed E-state index contributed by atoms with van der Waals surface area (Å²) in [6.07, 6.45) is 3.67. The van der Waals surface area contributed by atoms with E-state index in [9.17, 15) is 9.59 Å². The molecule has 0 saturated heterocycles. The van der Waals surface area contributed by atoms with Crippen LogP contribution in [0.15, 0.2) is 54.6 Å². The highest BCUT2D eigenvalue weighted by Gasteiger charge is 2.27. The van der Waals surface area contributed by atoms with Crippen LogP contribution in [0.5, 0.6) is 0 Å². The third-order valence-electron chi connectivity index (χ3n) is 4.99. The van der Waals surface area contributed by atoms with Crippen molar-refractivity contribution in [3.63, 3.8) is 0 Å². The molecular formula is C21H23NO3. The Balaban J connectivity index is 1.59. The third-order valence-corrected chi connectivity index (χ3v) is 4.99. The zero-order valence-corrected chi connectivity index (χ0v) is 14.2. The first-order valence-electron chi connectivity index (χ1n) is 8.79. The number of carboxylic acid groups (broad SMARTS) is 1. The number of carbonyl (C=O) groups is 2. The highest BCUT2D eigenvalue weighted by molar-refractivity contribution is 5.94. The standard InChI is InChI=1S/C21H23NO3/c23-20(24)14-18-8-4-5-9-19(18)22-21(25)17-12-10-16(11-13-17)15-6-2-1-3-7-15/h1-9,16-17H,10-14H2,(H,22,25)(H,23,24). The quantitative estimate of drug-likeness (QED) is 0.858. The first kappa shape index (κ1) is 17.2. The van der Waals surface area contributed by atoms with Crippen molar-refractivity contribution in [2.75, 3.05) is 5.32 Å². The Hall–Kier alpha value is -2.62. The van der Waals surface area contributed by atoms with Gasteiger partial charge in [-0.1, -0.05) is 48.5 Å². The van der Waals surface area contributed by atoms with Crippen LogP contribution in [0, 0.1) is 5.92 Å². The molecule has 3 rings (SSSR count). The van der Waals surface area contributed by atoms with Gasteiger partial charge < -0.3 is 10.4 Å². The average Bonchev–Trinajstić information content (AvgIpc) is 2.64. The second-order valence-corrected chi connectivity index (χ2v) is 6.68. The summed E-state index contributed by atoms with van der Waals surface area (Å²) in [6.45, 7) is 0. The molecule has 1 fully saturated rings. The van der Waals surface area contributed by atoms with Gasteiger partial charge >= 0.3 is 5.97 Å². The molecule has 2 aromatic carbocycles. The van der Waals surface area contributed by atoms with E-state index < -0.39 is 5.97 Å². The van der Waals surface area contributed by atoms with E-state index in [2.05, 4.69) is 29.6 Å². The molecule has 25 heavy (non-hydrogen) atoms. The summed E-state index contributed by atoms with van der Waals surface area (Å²) in [4.78, 5) is 23.6. The van der Waals surface area contributed by atoms with Crippen molar-refractivity contribution < 1.29 is 14.7 Å². The second-order valence-electron chi connectivity index (χ2n) is 6.68. The van der Waals surface area contributed by atoms with Gasteiger partial charge in [0.15, 0.2) is 0 Å². The number of carboxylic acids is 1. The molecule has 0 heterocycles. The number of amides is 1. The highest BCUT2D eigenvalue weighted by atomic mass is 16.4. The van der Waals surface area contributed by atoms with E-state index in [1.165, 1.54) is 5.56 Å². The topological polar surface area (TPSA) is 66.4 Å². The molecule has 1 saturated carbocycles. The number of rotatable bonds is 5. The predicted octanol–water partition coefficient (Wildman–Crippen LogP) is 4.23. The summed E-state index contributed by atoms with van der Waals surface area (Å²) in [5, 5.41) is 11.9. The molecule has 4 heteroatoms. The van der Waals surface area contributed by atoms with E-state index in [1.54, 1.807) is 18.2 Å². The zero-order chi connectivity index (χ0) is 17.6. The summed E-state index contributed by atoms with van der Waals surface area (Å²) in [7, 11) is 0. The number of aliphatic carboxylic acids is 1. The Labute approximate surface area is 147 Å². The lowest BCUT2D eigenvalue weighted by Crippen LogP contribution is -2.27. The summed E-state index contributed by atoms with van der Waals surface area (Å²) < 4.78 is 0. The molecule has 0 atom stereocenters. The van der Waals surface area contributed by atoms with Crippen LogP contribution < -0.4 is 5.32 Å². The summed E-state index contributed by atoms with van der Waals surface area (Å²) in [5.41, 5.74) is 2.61. The van der Waals surface area contributed by atoms with Crippen molar-refractivity contribution in [2.45, 2.75) is 38.0 Å². The smallest absolute Gasteiger partial charge is 0.307 e. The summed E-state index contributed by atoms with van der Waals surface area (Å²) in [5.74, 6) is -0.364. The minimum absolute atomic E-state index is 0.00199. The molecule has 0 spiro atoms. The lowest BCUT2D eigenvalue weighted by Gasteiger charge is -2.28. The lowest BCUT2D eigenvalue weighted by molar-refractivity contribution is -0.136. The number of hydrogen-bond donors (Lipinski definition) is 2. The van der Waals surface area contributed by atoms with Gasteiger partial charge in [-0.2, -0.15) is 0 Å². The SMILES string of the molecule is O=C(O)Cc1ccccc1NC(=O)C1CCC(c2ccccc2)CC1. The van der Waals surface area contributed by atoms with Gasteiger partial charge in [-0.25, -0.2) is 0 Å². The molecule has 0 radical (unpaired) electrons. The Morgan fingerprint density at radius 1 is 0.920 bits per heavy atom. The zero-order valence-electron chi connectivity index (χ0n) is 14.2. The van der Waals surface area contributed by atoms with Gasteiger partial charge in [-0.15, -0.1) is 0 Å². The van der Waals surface area contributed by atoms with Gasteiger partial charge in [-0.3, -0.25) is 9.59 Å². The van der Waals surface area contributed by atoms with Crippen molar-refractivity contribution in [3.05, 3.63) is 65.7 Å². The molecule has 2 N–H and O–H groups in total. The fourth-order valence-corrected chi connectivity index (χ4v) is 3.61. The van der Waals surface area contributed by atoms with Crippen molar-refractivity contribution in [1.29, 1.82) is 0 Å². The van der Waals surface area contributed by atoms with Gasteiger partial charge in [0.05, 0.1) is 6.42 Å². The minimum atomic E-state index is -0.898. The first-order valence-corrected chi connectivity index (χ1v) is 8.79. The Morgan fingerprint density at radius 2 is 1.56 bits per heavy atom. The predicted molar refractivity (Wildman–Crippen MR) is 97.6 cm³/mol. The number of benzene rings is 2. The third kappa shape index (κ3) is 4.47. The van der Waals surface area contributed by atoms with Crippen LogP contribution in [0.3, 0.4) is 0 Å². The monoisotopic (exact) mass is 337 g/mol. The molecule has 0 bridgehead atoms. The average molecular weight is 337 g/mol. The fourth-order valence-electron chi connectivity index (χ4n) is 3.61. The summed E-state index contributed by atoms with van der Waals surface area (Å²) in [6, 6.07) is 17.6. The van der Waals surface area contributed by atoms with Crippen LogP contribution in [0.2, 0.25) is 0 Å². The maximum absolute atomic E-state index is 12.6.